The van der Waals surface area contributed by atoms with E-state index in [0.717, 1.165) is 5.56 Å². The summed E-state index contributed by atoms with van der Waals surface area (Å²) in [5.41, 5.74) is 0.733. The predicted octanol–water partition coefficient (Wildman–Crippen LogP) is 2.32. The normalized spacial score (nSPS) is 10.4. The molecule has 0 fully saturated rings. The van der Waals surface area contributed by atoms with Gasteiger partial charge in [-0.3, -0.25) is 0 Å². The third-order valence-electron chi connectivity index (χ3n) is 2.51. The van der Waals surface area contributed by atoms with Crippen molar-refractivity contribution in [3.05, 3.63) is 36.2 Å². The number of carbonyl (C=O) groups is 1. The van der Waals surface area contributed by atoms with Crippen molar-refractivity contribution in [1.29, 1.82) is 0 Å². The first-order valence-electron chi connectivity index (χ1n) is 6.58. The molecule has 1 aromatic heterocycles. The number of hydrogen-bond donors (Lipinski definition) is 0. The predicted molar refractivity (Wildman–Crippen MR) is 79.7 cm³/mol. The Hall–Kier alpha value is -3.07. The van der Waals surface area contributed by atoms with Gasteiger partial charge in [0.1, 0.15) is 12.4 Å². The number of esters is 1. The van der Waals surface area contributed by atoms with Crippen LogP contribution in [0.2, 0.25) is 0 Å². The molecule has 2 rings (SSSR count). The van der Waals surface area contributed by atoms with Crippen molar-refractivity contribution < 1.29 is 18.7 Å². The first-order valence-corrected chi connectivity index (χ1v) is 6.58. The van der Waals surface area contributed by atoms with Gasteiger partial charge in [-0.25, -0.2) is 4.79 Å². The van der Waals surface area contributed by atoms with Crippen LogP contribution in [0.25, 0.3) is 17.5 Å². The van der Waals surface area contributed by atoms with Crippen molar-refractivity contribution >= 4 is 12.0 Å². The molecule has 0 aliphatic rings. The summed E-state index contributed by atoms with van der Waals surface area (Å²) < 4.78 is 15.5. The Morgan fingerprint density at radius 2 is 2.14 bits per heavy atom. The zero-order valence-electron chi connectivity index (χ0n) is 12.0. The van der Waals surface area contributed by atoms with Gasteiger partial charge in [-0.1, -0.05) is 5.92 Å². The van der Waals surface area contributed by atoms with Crippen molar-refractivity contribution in [2.45, 2.75) is 6.92 Å². The highest BCUT2D eigenvalue weighted by atomic mass is 16.5. The molecule has 2 aromatic rings. The summed E-state index contributed by atoms with van der Waals surface area (Å²) in [7, 11) is 0. The Morgan fingerprint density at radius 3 is 2.82 bits per heavy atom. The lowest BCUT2D eigenvalue weighted by molar-refractivity contribution is -0.137. The van der Waals surface area contributed by atoms with Gasteiger partial charge in [0.15, 0.2) is 0 Å². The Labute approximate surface area is 127 Å². The van der Waals surface area contributed by atoms with Gasteiger partial charge in [0.25, 0.3) is 0 Å². The van der Waals surface area contributed by atoms with Gasteiger partial charge in [0.2, 0.25) is 11.8 Å². The maximum absolute atomic E-state index is 11.2. The smallest absolute Gasteiger partial charge is 0.330 e. The van der Waals surface area contributed by atoms with Gasteiger partial charge in [-0.15, -0.1) is 16.6 Å². The Bertz CT molecular complexity index is 696. The van der Waals surface area contributed by atoms with Gasteiger partial charge in [0.05, 0.1) is 6.61 Å². The minimum atomic E-state index is -0.461. The Kier molecular flexibility index (Phi) is 5.32. The molecule has 112 valence electrons. The van der Waals surface area contributed by atoms with Crippen LogP contribution in [0.3, 0.4) is 0 Å². The zero-order valence-corrected chi connectivity index (χ0v) is 12.0. The molecule has 1 aromatic carbocycles. The third kappa shape index (κ3) is 4.21. The molecule has 6 heteroatoms. The Balaban J connectivity index is 2.05. The fraction of sp³-hybridized carbons (Fsp3) is 0.188. The number of ether oxygens (including phenoxy) is 2. The second kappa shape index (κ2) is 7.64. The molecule has 22 heavy (non-hydrogen) atoms. The summed E-state index contributed by atoms with van der Waals surface area (Å²) in [6.45, 7) is 2.25. The molecule has 0 unspecified atom stereocenters. The maximum atomic E-state index is 11.2. The molecule has 0 bridgehead atoms. The SMILES string of the molecule is C#CCOc1ccc(-c2nnc(/C=C/C(=O)OCC)o2)cc1. The van der Waals surface area contributed by atoms with Gasteiger partial charge in [0, 0.05) is 17.7 Å². The van der Waals surface area contributed by atoms with E-state index in [2.05, 4.69) is 16.1 Å². The summed E-state index contributed by atoms with van der Waals surface area (Å²) in [5.74, 6) is 3.14. The largest absolute Gasteiger partial charge is 0.481 e. The van der Waals surface area contributed by atoms with Crippen LogP contribution in [-0.2, 0) is 9.53 Å². The minimum Gasteiger partial charge on any atom is -0.481 e. The highest BCUT2D eigenvalue weighted by Crippen LogP contribution is 2.21. The van der Waals surface area contributed by atoms with Crippen LogP contribution in [-0.4, -0.2) is 29.4 Å². The molecule has 0 radical (unpaired) electrons. The van der Waals surface area contributed by atoms with E-state index in [0.29, 0.717) is 18.2 Å². The number of terminal acetylenes is 1. The van der Waals surface area contributed by atoms with E-state index in [1.54, 1.807) is 31.2 Å². The zero-order chi connectivity index (χ0) is 15.8. The van der Waals surface area contributed by atoms with Gasteiger partial charge in [-0.2, -0.15) is 0 Å². The van der Waals surface area contributed by atoms with Crippen LogP contribution in [0.1, 0.15) is 12.8 Å². The molecule has 0 aliphatic heterocycles. The van der Waals surface area contributed by atoms with Crippen molar-refractivity contribution in [1.82, 2.24) is 10.2 Å². The third-order valence-corrected chi connectivity index (χ3v) is 2.51. The molecular formula is C16H14N2O4. The van der Waals surface area contributed by atoms with Crippen LogP contribution < -0.4 is 4.74 Å². The lowest BCUT2D eigenvalue weighted by atomic mass is 10.2. The molecule has 1 heterocycles. The van der Waals surface area contributed by atoms with Gasteiger partial charge < -0.3 is 13.9 Å². The van der Waals surface area contributed by atoms with Crippen molar-refractivity contribution in [3.8, 4) is 29.5 Å². The first kappa shape index (κ1) is 15.3. The topological polar surface area (TPSA) is 74.5 Å². The van der Waals surface area contributed by atoms with Crippen LogP contribution >= 0.6 is 0 Å². The van der Waals surface area contributed by atoms with Crippen LogP contribution in [0, 0.1) is 12.3 Å². The average molecular weight is 298 g/mol. The summed E-state index contributed by atoms with van der Waals surface area (Å²) in [4.78, 5) is 11.2. The van der Waals surface area contributed by atoms with E-state index in [1.807, 2.05) is 0 Å². The molecule has 0 saturated heterocycles. The van der Waals surface area contributed by atoms with E-state index in [9.17, 15) is 4.79 Å². The minimum absolute atomic E-state index is 0.211. The van der Waals surface area contributed by atoms with Gasteiger partial charge in [-0.05, 0) is 31.2 Å². The number of hydrogen-bond acceptors (Lipinski definition) is 6. The van der Waals surface area contributed by atoms with Crippen molar-refractivity contribution in [2.24, 2.45) is 0 Å². The van der Waals surface area contributed by atoms with Crippen molar-refractivity contribution in [3.63, 3.8) is 0 Å². The molecule has 0 aliphatic carbocycles. The van der Waals surface area contributed by atoms with E-state index >= 15 is 0 Å². The number of nitrogens with zero attached hydrogens (tertiary/aromatic N) is 2. The van der Waals surface area contributed by atoms with E-state index in [1.165, 1.54) is 12.2 Å². The fourth-order valence-corrected chi connectivity index (χ4v) is 1.57. The second-order valence-corrected chi connectivity index (χ2v) is 4.05. The molecule has 0 atom stereocenters. The summed E-state index contributed by atoms with van der Waals surface area (Å²) in [6.07, 6.45) is 7.76. The number of benzene rings is 1. The van der Waals surface area contributed by atoms with Gasteiger partial charge >= 0.3 is 5.97 Å². The van der Waals surface area contributed by atoms with E-state index in [4.69, 9.17) is 20.3 Å². The summed E-state index contributed by atoms with van der Waals surface area (Å²) >= 11 is 0. The first-order chi connectivity index (χ1) is 10.7. The summed E-state index contributed by atoms with van der Waals surface area (Å²) in [6, 6.07) is 7.06. The standard InChI is InChI=1S/C16H14N2O4/c1-3-11-21-13-7-5-12(6-8-13)16-18-17-14(22-16)9-10-15(19)20-4-2/h1,5-10H,4,11H2,2H3/b10-9+. The molecule has 0 saturated carbocycles. The van der Waals surface area contributed by atoms with Crippen LogP contribution in [0.4, 0.5) is 0 Å². The number of aromatic nitrogens is 2. The monoisotopic (exact) mass is 298 g/mol. The van der Waals surface area contributed by atoms with Crippen molar-refractivity contribution in [2.75, 3.05) is 13.2 Å². The van der Waals surface area contributed by atoms with E-state index in [-0.39, 0.29) is 12.5 Å². The molecular weight excluding hydrogens is 284 g/mol. The molecule has 0 amide bonds. The van der Waals surface area contributed by atoms with Crippen LogP contribution in [0.5, 0.6) is 5.75 Å². The lowest BCUT2D eigenvalue weighted by Gasteiger charge is -2.01. The Morgan fingerprint density at radius 1 is 1.36 bits per heavy atom. The average Bonchev–Trinajstić information content (AvgIpc) is 3.01. The maximum Gasteiger partial charge on any atom is 0.330 e. The fourth-order valence-electron chi connectivity index (χ4n) is 1.57. The lowest BCUT2D eigenvalue weighted by Crippen LogP contribution is -1.98. The second-order valence-electron chi connectivity index (χ2n) is 4.05. The highest BCUT2D eigenvalue weighted by molar-refractivity contribution is 5.86. The molecule has 6 nitrogen and oxygen atoms in total. The highest BCUT2D eigenvalue weighted by Gasteiger charge is 2.07. The summed E-state index contributed by atoms with van der Waals surface area (Å²) in [5, 5.41) is 7.74. The number of rotatable bonds is 6. The molecule has 0 spiro atoms. The van der Waals surface area contributed by atoms with E-state index < -0.39 is 5.97 Å². The quantitative estimate of drug-likeness (QED) is 0.463. The number of carbonyl (C=O) groups excluding carboxylic acids is 1. The molecule has 0 N–H and O–H groups in total. The van der Waals surface area contributed by atoms with Crippen LogP contribution in [0.15, 0.2) is 34.8 Å².